The molecule has 0 spiro atoms. The van der Waals surface area contributed by atoms with Gasteiger partial charge in [0.1, 0.15) is 6.04 Å². The molecule has 1 heterocycles. The molecular weight excluding hydrogens is 395 g/mol. The van der Waals surface area contributed by atoms with Gasteiger partial charge >= 0.3 is 5.97 Å². The van der Waals surface area contributed by atoms with E-state index in [-0.39, 0.29) is 21.7 Å². The minimum Gasteiger partial charge on any atom is -0.459 e. The quantitative estimate of drug-likeness (QED) is 0.677. The number of furan rings is 1. The van der Waals surface area contributed by atoms with E-state index in [1.807, 2.05) is 0 Å². The Labute approximate surface area is 166 Å². The number of hydrogen-bond acceptors (Lipinski definition) is 5. The molecule has 0 bridgehead atoms. The number of hydrogen-bond donors (Lipinski definition) is 2. The van der Waals surface area contributed by atoms with E-state index in [4.69, 9.17) is 32.4 Å². The van der Waals surface area contributed by atoms with Crippen molar-refractivity contribution >= 4 is 46.7 Å². The van der Waals surface area contributed by atoms with E-state index in [9.17, 15) is 14.4 Å². The van der Waals surface area contributed by atoms with Gasteiger partial charge in [0.15, 0.2) is 12.4 Å². The summed E-state index contributed by atoms with van der Waals surface area (Å²) < 4.78 is 10.0. The zero-order valence-electron chi connectivity index (χ0n) is 14.6. The van der Waals surface area contributed by atoms with Gasteiger partial charge in [0, 0.05) is 0 Å². The summed E-state index contributed by atoms with van der Waals surface area (Å²) in [5.74, 6) is -2.07. The van der Waals surface area contributed by atoms with E-state index >= 15 is 0 Å². The topological polar surface area (TPSA) is 97.6 Å². The van der Waals surface area contributed by atoms with Gasteiger partial charge in [0.25, 0.3) is 11.8 Å². The molecule has 0 aliphatic rings. The van der Waals surface area contributed by atoms with E-state index < -0.39 is 30.4 Å². The van der Waals surface area contributed by atoms with Crippen molar-refractivity contribution in [2.45, 2.75) is 19.9 Å². The molecule has 0 radical (unpaired) electrons. The van der Waals surface area contributed by atoms with Crippen LogP contribution in [0.15, 0.2) is 41.0 Å². The lowest BCUT2D eigenvalue weighted by atomic mass is 10.0. The first-order chi connectivity index (χ1) is 12.8. The van der Waals surface area contributed by atoms with E-state index in [1.165, 1.54) is 12.3 Å². The lowest BCUT2D eigenvalue weighted by Crippen LogP contribution is -2.45. The number of ether oxygens (including phenoxy) is 1. The molecule has 27 heavy (non-hydrogen) atoms. The van der Waals surface area contributed by atoms with Crippen LogP contribution in [0.1, 0.15) is 24.4 Å². The third-order valence-electron chi connectivity index (χ3n) is 3.52. The monoisotopic (exact) mass is 412 g/mol. The van der Waals surface area contributed by atoms with Crippen LogP contribution in [0.2, 0.25) is 10.0 Å². The van der Waals surface area contributed by atoms with Crippen molar-refractivity contribution in [1.82, 2.24) is 5.32 Å². The standard InChI is InChI=1S/C18H18Cl2N2O5/c1-10(2)16(22-17(24)13-7-4-8-26-13)18(25)27-9-14(23)21-12-6-3-5-11(19)15(12)20/h3-8,10,16H,9H2,1-2H3,(H,21,23)(H,22,24)/t16-/m0/s1. The highest BCUT2D eigenvalue weighted by molar-refractivity contribution is 6.44. The predicted octanol–water partition coefficient (Wildman–Crippen LogP) is 3.52. The molecule has 0 aliphatic carbocycles. The first-order valence-corrected chi connectivity index (χ1v) is 8.80. The number of benzene rings is 1. The van der Waals surface area contributed by atoms with Gasteiger partial charge in [-0.05, 0) is 30.2 Å². The zero-order valence-corrected chi connectivity index (χ0v) is 16.1. The largest absolute Gasteiger partial charge is 0.459 e. The van der Waals surface area contributed by atoms with Crippen molar-refractivity contribution in [3.05, 3.63) is 52.4 Å². The number of carbonyl (C=O) groups excluding carboxylic acids is 3. The van der Waals surface area contributed by atoms with Crippen molar-refractivity contribution in [2.24, 2.45) is 5.92 Å². The van der Waals surface area contributed by atoms with Crippen molar-refractivity contribution in [3.63, 3.8) is 0 Å². The van der Waals surface area contributed by atoms with Gasteiger partial charge in [-0.25, -0.2) is 4.79 Å². The van der Waals surface area contributed by atoms with Crippen molar-refractivity contribution in [2.75, 3.05) is 11.9 Å². The number of halogens is 2. The van der Waals surface area contributed by atoms with Crippen molar-refractivity contribution in [1.29, 1.82) is 0 Å². The normalized spacial score (nSPS) is 11.7. The Morgan fingerprint density at radius 3 is 2.52 bits per heavy atom. The maximum atomic E-state index is 12.3. The van der Waals surface area contributed by atoms with Crippen LogP contribution < -0.4 is 10.6 Å². The minimum absolute atomic E-state index is 0.0711. The Kier molecular flexibility index (Phi) is 7.27. The maximum Gasteiger partial charge on any atom is 0.329 e. The van der Waals surface area contributed by atoms with Gasteiger partial charge in [0.05, 0.1) is 22.0 Å². The zero-order chi connectivity index (χ0) is 20.0. The summed E-state index contributed by atoms with van der Waals surface area (Å²) >= 11 is 11.9. The third kappa shape index (κ3) is 5.74. The lowest BCUT2D eigenvalue weighted by molar-refractivity contribution is -0.150. The average molecular weight is 413 g/mol. The Balaban J connectivity index is 1.92. The van der Waals surface area contributed by atoms with Gasteiger partial charge in [-0.1, -0.05) is 43.1 Å². The smallest absolute Gasteiger partial charge is 0.329 e. The molecule has 2 N–H and O–H groups in total. The first-order valence-electron chi connectivity index (χ1n) is 8.04. The molecule has 2 aromatic rings. The molecule has 1 atom stereocenters. The van der Waals surface area contributed by atoms with Crippen LogP contribution in [0.5, 0.6) is 0 Å². The highest BCUT2D eigenvalue weighted by Crippen LogP contribution is 2.29. The average Bonchev–Trinajstić information content (AvgIpc) is 3.16. The fourth-order valence-corrected chi connectivity index (χ4v) is 2.48. The number of nitrogens with one attached hydrogen (secondary N) is 2. The van der Waals surface area contributed by atoms with Gasteiger partial charge in [0.2, 0.25) is 0 Å². The Morgan fingerprint density at radius 2 is 1.89 bits per heavy atom. The summed E-state index contributed by atoms with van der Waals surface area (Å²) in [5, 5.41) is 5.50. The number of esters is 1. The summed E-state index contributed by atoms with van der Waals surface area (Å²) in [6, 6.07) is 6.85. The second-order valence-electron chi connectivity index (χ2n) is 5.93. The molecule has 7 nitrogen and oxygen atoms in total. The van der Waals surface area contributed by atoms with Crippen LogP contribution in [-0.4, -0.2) is 30.4 Å². The Hall–Kier alpha value is -2.51. The summed E-state index contributed by atoms with van der Waals surface area (Å²) in [7, 11) is 0. The first kappa shape index (κ1) is 20.8. The van der Waals surface area contributed by atoms with Gasteiger partial charge in [-0.3, -0.25) is 9.59 Å². The van der Waals surface area contributed by atoms with Crippen LogP contribution >= 0.6 is 23.2 Å². The Morgan fingerprint density at radius 1 is 1.15 bits per heavy atom. The summed E-state index contributed by atoms with van der Waals surface area (Å²) in [6.45, 7) is 2.93. The molecule has 2 rings (SSSR count). The highest BCUT2D eigenvalue weighted by Gasteiger charge is 2.27. The van der Waals surface area contributed by atoms with Gasteiger partial charge in [-0.2, -0.15) is 0 Å². The number of carbonyl (C=O) groups is 3. The molecule has 2 amide bonds. The molecule has 0 saturated carbocycles. The highest BCUT2D eigenvalue weighted by atomic mass is 35.5. The van der Waals surface area contributed by atoms with Crippen LogP contribution in [-0.2, 0) is 14.3 Å². The molecule has 9 heteroatoms. The minimum atomic E-state index is -0.940. The molecule has 1 aromatic carbocycles. The molecule has 1 aromatic heterocycles. The second-order valence-corrected chi connectivity index (χ2v) is 6.71. The van der Waals surface area contributed by atoms with Crippen LogP contribution in [0.3, 0.4) is 0 Å². The lowest BCUT2D eigenvalue weighted by Gasteiger charge is -2.20. The number of amides is 2. The molecule has 144 valence electrons. The Bertz CT molecular complexity index is 821. The number of anilines is 1. The second kappa shape index (κ2) is 9.43. The number of rotatable bonds is 7. The van der Waals surface area contributed by atoms with E-state index in [0.29, 0.717) is 5.69 Å². The SMILES string of the molecule is CC(C)[C@H](NC(=O)c1ccco1)C(=O)OCC(=O)Nc1cccc(Cl)c1Cl. The van der Waals surface area contributed by atoms with E-state index in [1.54, 1.807) is 38.1 Å². The van der Waals surface area contributed by atoms with Crippen molar-refractivity contribution in [3.8, 4) is 0 Å². The molecule has 0 saturated heterocycles. The summed E-state index contributed by atoms with van der Waals surface area (Å²) in [4.78, 5) is 36.3. The van der Waals surface area contributed by atoms with E-state index in [2.05, 4.69) is 10.6 Å². The predicted molar refractivity (Wildman–Crippen MR) is 101 cm³/mol. The van der Waals surface area contributed by atoms with Crippen LogP contribution in [0, 0.1) is 5.92 Å². The summed E-state index contributed by atoms with van der Waals surface area (Å²) in [5.41, 5.74) is 0.303. The van der Waals surface area contributed by atoms with Crippen LogP contribution in [0.25, 0.3) is 0 Å². The third-order valence-corrected chi connectivity index (χ3v) is 4.34. The van der Waals surface area contributed by atoms with Gasteiger partial charge in [-0.15, -0.1) is 0 Å². The molecular formula is C18H18Cl2N2O5. The molecule has 0 fully saturated rings. The van der Waals surface area contributed by atoms with Crippen LogP contribution in [0.4, 0.5) is 5.69 Å². The fourth-order valence-electron chi connectivity index (χ4n) is 2.13. The van der Waals surface area contributed by atoms with Crippen molar-refractivity contribution < 1.29 is 23.5 Å². The van der Waals surface area contributed by atoms with Gasteiger partial charge < -0.3 is 19.8 Å². The fraction of sp³-hybridized carbons (Fsp3) is 0.278. The maximum absolute atomic E-state index is 12.3. The summed E-state index contributed by atoms with van der Waals surface area (Å²) in [6.07, 6.45) is 1.35. The molecule has 0 aliphatic heterocycles. The van der Waals surface area contributed by atoms with E-state index in [0.717, 1.165) is 0 Å². The molecule has 0 unspecified atom stereocenters.